The Balaban J connectivity index is 0.00000196. The molecule has 1 unspecified atom stereocenters. The number of carbonyl (C=O) groups is 1. The van der Waals surface area contributed by atoms with Crippen LogP contribution in [0.4, 0.5) is 0 Å². The predicted octanol–water partition coefficient (Wildman–Crippen LogP) is 2.26. The van der Waals surface area contributed by atoms with Crippen LogP contribution >= 0.6 is 39.7 Å². The van der Waals surface area contributed by atoms with Gasteiger partial charge in [-0.15, -0.1) is 23.7 Å². The van der Waals surface area contributed by atoms with E-state index in [0.29, 0.717) is 24.6 Å². The van der Waals surface area contributed by atoms with Crippen LogP contribution in [0.3, 0.4) is 0 Å². The molecule has 0 fully saturated rings. The van der Waals surface area contributed by atoms with Gasteiger partial charge in [0.1, 0.15) is 0 Å². The van der Waals surface area contributed by atoms with Crippen LogP contribution in [-0.2, 0) is 0 Å². The fraction of sp³-hybridized carbons (Fsp3) is 0.444. The molecule has 1 aromatic rings. The van der Waals surface area contributed by atoms with Crippen molar-refractivity contribution in [3.63, 3.8) is 0 Å². The first-order valence-corrected chi connectivity index (χ1v) is 6.03. The first kappa shape index (κ1) is 14.9. The lowest BCUT2D eigenvalue weighted by molar-refractivity contribution is 0.0949. The van der Waals surface area contributed by atoms with E-state index < -0.39 is 0 Å². The third-order valence-electron chi connectivity index (χ3n) is 1.84. The molecule has 3 nitrogen and oxygen atoms in total. The Morgan fingerprint density at radius 2 is 2.40 bits per heavy atom. The molecule has 6 heteroatoms. The van der Waals surface area contributed by atoms with E-state index in [9.17, 15) is 4.79 Å². The summed E-state index contributed by atoms with van der Waals surface area (Å²) in [6.45, 7) is 3.22. The van der Waals surface area contributed by atoms with E-state index >= 15 is 0 Å². The molecule has 0 aromatic carbocycles. The quantitative estimate of drug-likeness (QED) is 0.896. The Bertz CT molecular complexity index is 319. The summed E-state index contributed by atoms with van der Waals surface area (Å²) in [6.07, 6.45) is 0. The second-order valence-electron chi connectivity index (χ2n) is 3.19. The van der Waals surface area contributed by atoms with Gasteiger partial charge in [0.2, 0.25) is 0 Å². The lowest BCUT2D eigenvalue weighted by Gasteiger charge is -2.08. The zero-order chi connectivity index (χ0) is 10.6. The maximum atomic E-state index is 11.5. The van der Waals surface area contributed by atoms with Crippen LogP contribution in [0.15, 0.2) is 15.2 Å². The molecule has 0 aliphatic rings. The van der Waals surface area contributed by atoms with Gasteiger partial charge in [0.25, 0.3) is 5.91 Å². The molecule has 0 saturated carbocycles. The number of hydrogen-bond donors (Lipinski definition) is 2. The van der Waals surface area contributed by atoms with E-state index in [-0.39, 0.29) is 18.3 Å². The van der Waals surface area contributed by atoms with Crippen LogP contribution in [0.2, 0.25) is 0 Å². The van der Waals surface area contributed by atoms with Crippen LogP contribution in [0, 0.1) is 5.92 Å². The monoisotopic (exact) mass is 312 g/mol. The van der Waals surface area contributed by atoms with Crippen LogP contribution in [0.1, 0.15) is 17.3 Å². The molecule has 1 heterocycles. The van der Waals surface area contributed by atoms with Crippen molar-refractivity contribution in [1.29, 1.82) is 0 Å². The highest BCUT2D eigenvalue weighted by Crippen LogP contribution is 2.20. The third-order valence-corrected chi connectivity index (χ3v) is 3.35. The summed E-state index contributed by atoms with van der Waals surface area (Å²) in [5, 5.41) is 4.66. The topological polar surface area (TPSA) is 55.1 Å². The molecule has 1 rings (SSSR count). The Morgan fingerprint density at radius 1 is 1.73 bits per heavy atom. The van der Waals surface area contributed by atoms with E-state index in [1.807, 2.05) is 18.4 Å². The summed E-state index contributed by atoms with van der Waals surface area (Å²) in [4.78, 5) is 11.5. The van der Waals surface area contributed by atoms with Crippen LogP contribution < -0.4 is 11.1 Å². The Hall–Kier alpha value is -0.100. The SMILES string of the molecule is CC(CN)CNC(=O)c1csc(Br)c1.Cl. The fourth-order valence-electron chi connectivity index (χ4n) is 0.881. The molecule has 0 spiro atoms. The third kappa shape index (κ3) is 4.97. The molecule has 0 radical (unpaired) electrons. The largest absolute Gasteiger partial charge is 0.352 e. The molecule has 0 saturated heterocycles. The molecule has 1 amide bonds. The Morgan fingerprint density at radius 3 is 2.87 bits per heavy atom. The summed E-state index contributed by atoms with van der Waals surface area (Å²) < 4.78 is 0.967. The Kier molecular flexibility index (Phi) is 7.17. The van der Waals surface area contributed by atoms with Gasteiger partial charge in [-0.3, -0.25) is 4.79 Å². The van der Waals surface area contributed by atoms with E-state index in [2.05, 4.69) is 21.2 Å². The molecule has 0 aliphatic carbocycles. The van der Waals surface area contributed by atoms with Gasteiger partial charge in [0.15, 0.2) is 0 Å². The normalized spacial score (nSPS) is 11.7. The number of amides is 1. The van der Waals surface area contributed by atoms with E-state index in [0.717, 1.165) is 3.79 Å². The summed E-state index contributed by atoms with van der Waals surface area (Å²) in [6, 6.07) is 1.81. The molecular formula is C9H14BrClN2OS. The van der Waals surface area contributed by atoms with Gasteiger partial charge in [-0.2, -0.15) is 0 Å². The van der Waals surface area contributed by atoms with Crippen molar-refractivity contribution in [2.45, 2.75) is 6.92 Å². The van der Waals surface area contributed by atoms with Gasteiger partial charge in [0, 0.05) is 11.9 Å². The zero-order valence-electron chi connectivity index (χ0n) is 8.33. The van der Waals surface area contributed by atoms with E-state index in [1.54, 1.807) is 0 Å². The lowest BCUT2D eigenvalue weighted by atomic mass is 10.2. The molecule has 1 aromatic heterocycles. The van der Waals surface area contributed by atoms with Gasteiger partial charge in [-0.25, -0.2) is 0 Å². The Labute approximate surface area is 108 Å². The van der Waals surface area contributed by atoms with Gasteiger partial charge in [0.05, 0.1) is 9.35 Å². The smallest absolute Gasteiger partial charge is 0.252 e. The summed E-state index contributed by atoms with van der Waals surface area (Å²) >= 11 is 4.82. The van der Waals surface area contributed by atoms with Gasteiger partial charge in [-0.05, 0) is 34.5 Å². The van der Waals surface area contributed by atoms with Crippen molar-refractivity contribution in [3.8, 4) is 0 Å². The molecule has 15 heavy (non-hydrogen) atoms. The average Bonchev–Trinajstić information content (AvgIpc) is 2.60. The predicted molar refractivity (Wildman–Crippen MR) is 69.8 cm³/mol. The van der Waals surface area contributed by atoms with Crippen molar-refractivity contribution in [2.75, 3.05) is 13.1 Å². The summed E-state index contributed by atoms with van der Waals surface area (Å²) in [5.41, 5.74) is 6.14. The van der Waals surface area contributed by atoms with Crippen molar-refractivity contribution in [1.82, 2.24) is 5.32 Å². The number of rotatable bonds is 4. The number of nitrogens with two attached hydrogens (primary N) is 1. The standard InChI is InChI=1S/C9H13BrN2OS.ClH/c1-6(3-11)4-12-9(13)7-2-8(10)14-5-7;/h2,5-6H,3-4,11H2,1H3,(H,12,13);1H. The minimum absolute atomic E-state index is 0. The molecule has 0 aliphatic heterocycles. The van der Waals surface area contributed by atoms with Crippen molar-refractivity contribution >= 4 is 45.6 Å². The highest BCUT2D eigenvalue weighted by atomic mass is 79.9. The number of carbonyl (C=O) groups excluding carboxylic acids is 1. The van der Waals surface area contributed by atoms with Crippen molar-refractivity contribution < 1.29 is 4.79 Å². The lowest BCUT2D eigenvalue weighted by Crippen LogP contribution is -2.30. The second-order valence-corrected chi connectivity index (χ2v) is 5.48. The van der Waals surface area contributed by atoms with Gasteiger partial charge >= 0.3 is 0 Å². The highest BCUT2D eigenvalue weighted by molar-refractivity contribution is 9.11. The second kappa shape index (κ2) is 7.22. The maximum absolute atomic E-state index is 11.5. The van der Waals surface area contributed by atoms with Crippen LogP contribution in [-0.4, -0.2) is 19.0 Å². The molecule has 86 valence electrons. The van der Waals surface area contributed by atoms with Crippen molar-refractivity contribution in [3.05, 3.63) is 20.8 Å². The minimum atomic E-state index is -0.0350. The molecule has 3 N–H and O–H groups in total. The highest BCUT2D eigenvalue weighted by Gasteiger charge is 2.08. The van der Waals surface area contributed by atoms with Crippen LogP contribution in [0.25, 0.3) is 0 Å². The molecular weight excluding hydrogens is 300 g/mol. The molecule has 0 bridgehead atoms. The first-order chi connectivity index (χ1) is 6.63. The van der Waals surface area contributed by atoms with E-state index in [4.69, 9.17) is 5.73 Å². The minimum Gasteiger partial charge on any atom is -0.352 e. The zero-order valence-corrected chi connectivity index (χ0v) is 11.5. The maximum Gasteiger partial charge on any atom is 0.252 e. The number of thiophene rings is 1. The number of nitrogens with one attached hydrogen (secondary N) is 1. The first-order valence-electron chi connectivity index (χ1n) is 4.35. The van der Waals surface area contributed by atoms with Gasteiger partial charge < -0.3 is 11.1 Å². The fourth-order valence-corrected chi connectivity index (χ4v) is 2.02. The average molecular weight is 314 g/mol. The van der Waals surface area contributed by atoms with E-state index in [1.165, 1.54) is 11.3 Å². The van der Waals surface area contributed by atoms with Gasteiger partial charge in [-0.1, -0.05) is 6.92 Å². The number of halogens is 2. The summed E-state index contributed by atoms with van der Waals surface area (Å²) in [5.74, 6) is 0.285. The van der Waals surface area contributed by atoms with Crippen molar-refractivity contribution in [2.24, 2.45) is 11.7 Å². The number of hydrogen-bond acceptors (Lipinski definition) is 3. The summed E-state index contributed by atoms with van der Waals surface area (Å²) in [7, 11) is 0. The molecule has 1 atom stereocenters. The van der Waals surface area contributed by atoms with Crippen LogP contribution in [0.5, 0.6) is 0 Å².